The number of anilines is 4. The number of fused-ring (bicyclic) bond motifs is 1. The molecule has 0 saturated heterocycles. The summed E-state index contributed by atoms with van der Waals surface area (Å²) >= 11 is 0. The van der Waals surface area contributed by atoms with Crippen LogP contribution in [0.3, 0.4) is 0 Å². The lowest BCUT2D eigenvalue weighted by Crippen LogP contribution is -2.59. The van der Waals surface area contributed by atoms with Gasteiger partial charge in [0.1, 0.15) is 5.69 Å². The van der Waals surface area contributed by atoms with E-state index in [1.807, 2.05) is 31.2 Å². The Kier molecular flexibility index (Phi) is 4.93. The second kappa shape index (κ2) is 7.90. The van der Waals surface area contributed by atoms with Crippen molar-refractivity contribution < 1.29 is 9.21 Å². The first-order chi connectivity index (χ1) is 15.2. The van der Waals surface area contributed by atoms with Crippen LogP contribution in [0.25, 0.3) is 11.3 Å². The zero-order valence-electron chi connectivity index (χ0n) is 17.7. The van der Waals surface area contributed by atoms with Crippen molar-refractivity contribution in [2.24, 2.45) is 0 Å². The topological polar surface area (TPSA) is 90.6 Å². The molecule has 31 heavy (non-hydrogen) atoms. The van der Waals surface area contributed by atoms with Crippen LogP contribution in [0.15, 0.2) is 47.5 Å². The fourth-order valence-corrected chi connectivity index (χ4v) is 4.36. The molecule has 1 aromatic carbocycles. The van der Waals surface area contributed by atoms with Gasteiger partial charge in [0.25, 0.3) is 0 Å². The SMILES string of the molecule is CCN1C(=O)N(C)c2cnc(Nc3cccc(-c4cnco4)c3)nc2N1C1CCCC1. The number of hydrogen-bond acceptors (Lipinski definition) is 7. The second-order valence-corrected chi connectivity index (χ2v) is 7.81. The molecule has 9 nitrogen and oxygen atoms in total. The Morgan fingerprint density at radius 3 is 2.81 bits per heavy atom. The Hall–Kier alpha value is -3.62. The van der Waals surface area contributed by atoms with Crippen LogP contribution in [0.4, 0.5) is 27.9 Å². The van der Waals surface area contributed by atoms with Crippen molar-refractivity contribution in [1.82, 2.24) is 20.0 Å². The standard InChI is InChI=1S/C22H25N7O2/c1-3-28-22(30)27(2)18-12-24-21(26-20(18)29(28)17-9-4-5-10-17)25-16-8-6-7-15(11-16)19-13-23-14-31-19/h6-8,11-14,17H,3-5,9-10H2,1-2H3,(H,24,25,26). The molecule has 160 valence electrons. The van der Waals surface area contributed by atoms with E-state index >= 15 is 0 Å². The van der Waals surface area contributed by atoms with Gasteiger partial charge in [-0.05, 0) is 31.9 Å². The number of oxazole rings is 1. The van der Waals surface area contributed by atoms with E-state index in [4.69, 9.17) is 9.40 Å². The van der Waals surface area contributed by atoms with Crippen molar-refractivity contribution in [3.05, 3.63) is 43.1 Å². The molecule has 9 heteroatoms. The summed E-state index contributed by atoms with van der Waals surface area (Å²) in [4.78, 5) is 27.9. The van der Waals surface area contributed by atoms with Crippen LogP contribution in [0, 0.1) is 0 Å². The smallest absolute Gasteiger partial charge is 0.343 e. The van der Waals surface area contributed by atoms with Crippen molar-refractivity contribution in [2.45, 2.75) is 38.6 Å². The first-order valence-electron chi connectivity index (χ1n) is 10.6. The number of nitrogens with one attached hydrogen (secondary N) is 1. The molecule has 2 amide bonds. The molecule has 0 spiro atoms. The summed E-state index contributed by atoms with van der Waals surface area (Å²) in [6.45, 7) is 2.58. The van der Waals surface area contributed by atoms with Crippen LogP contribution in [0.2, 0.25) is 0 Å². The summed E-state index contributed by atoms with van der Waals surface area (Å²) in [5.41, 5.74) is 2.48. The summed E-state index contributed by atoms with van der Waals surface area (Å²) in [7, 11) is 1.77. The lowest BCUT2D eigenvalue weighted by atomic mass is 10.1. The zero-order valence-corrected chi connectivity index (χ0v) is 17.7. The molecule has 1 fully saturated rings. The molecular formula is C22H25N7O2. The van der Waals surface area contributed by atoms with Crippen molar-refractivity contribution in [2.75, 3.05) is 28.8 Å². The van der Waals surface area contributed by atoms with Crippen LogP contribution >= 0.6 is 0 Å². The molecule has 0 radical (unpaired) electrons. The van der Waals surface area contributed by atoms with Gasteiger partial charge in [0, 0.05) is 24.8 Å². The summed E-state index contributed by atoms with van der Waals surface area (Å²) in [6.07, 6.45) is 9.26. The molecule has 0 bridgehead atoms. The predicted molar refractivity (Wildman–Crippen MR) is 118 cm³/mol. The number of benzene rings is 1. The number of carbonyl (C=O) groups is 1. The Balaban J connectivity index is 1.50. The zero-order chi connectivity index (χ0) is 21.4. The monoisotopic (exact) mass is 419 g/mol. The minimum Gasteiger partial charge on any atom is -0.444 e. The van der Waals surface area contributed by atoms with Gasteiger partial charge in [-0.25, -0.2) is 19.8 Å². The van der Waals surface area contributed by atoms with E-state index in [0.29, 0.717) is 18.3 Å². The number of nitrogens with zero attached hydrogens (tertiary/aromatic N) is 6. The Morgan fingerprint density at radius 1 is 1.23 bits per heavy atom. The van der Waals surface area contributed by atoms with Gasteiger partial charge in [-0.1, -0.05) is 25.0 Å². The number of carbonyl (C=O) groups excluding carboxylic acids is 1. The summed E-state index contributed by atoms with van der Waals surface area (Å²) < 4.78 is 5.40. The van der Waals surface area contributed by atoms with Crippen LogP contribution in [0.5, 0.6) is 0 Å². The van der Waals surface area contributed by atoms with Crippen molar-refractivity contribution in [1.29, 1.82) is 0 Å². The summed E-state index contributed by atoms with van der Waals surface area (Å²) in [5.74, 6) is 1.94. The Morgan fingerprint density at radius 2 is 2.06 bits per heavy atom. The van der Waals surface area contributed by atoms with E-state index in [-0.39, 0.29) is 12.1 Å². The van der Waals surface area contributed by atoms with Gasteiger partial charge >= 0.3 is 6.03 Å². The van der Waals surface area contributed by atoms with E-state index in [1.165, 1.54) is 19.2 Å². The van der Waals surface area contributed by atoms with Gasteiger partial charge in [0.2, 0.25) is 5.95 Å². The van der Waals surface area contributed by atoms with Gasteiger partial charge in [-0.2, -0.15) is 4.98 Å². The summed E-state index contributed by atoms with van der Waals surface area (Å²) in [5, 5.41) is 7.17. The minimum atomic E-state index is -0.0500. The lowest BCUT2D eigenvalue weighted by molar-refractivity contribution is 0.191. The fraction of sp³-hybridized carbons (Fsp3) is 0.364. The molecule has 1 N–H and O–H groups in total. The first-order valence-corrected chi connectivity index (χ1v) is 10.6. The largest absolute Gasteiger partial charge is 0.444 e. The Bertz CT molecular complexity index is 1080. The highest BCUT2D eigenvalue weighted by molar-refractivity contribution is 5.98. The van der Waals surface area contributed by atoms with Crippen LogP contribution in [-0.2, 0) is 0 Å². The lowest BCUT2D eigenvalue weighted by Gasteiger charge is -2.45. The maximum absolute atomic E-state index is 12.9. The average molecular weight is 419 g/mol. The number of hydrogen-bond donors (Lipinski definition) is 1. The maximum Gasteiger partial charge on any atom is 0.343 e. The molecule has 1 aliphatic heterocycles. The molecular weight excluding hydrogens is 394 g/mol. The highest BCUT2D eigenvalue weighted by Gasteiger charge is 2.39. The molecule has 0 unspecified atom stereocenters. The van der Waals surface area contributed by atoms with Crippen molar-refractivity contribution >= 4 is 29.2 Å². The van der Waals surface area contributed by atoms with E-state index in [9.17, 15) is 4.79 Å². The van der Waals surface area contributed by atoms with Crippen LogP contribution < -0.4 is 15.2 Å². The number of amides is 2. The molecule has 2 aromatic heterocycles. The van der Waals surface area contributed by atoms with E-state index in [0.717, 1.165) is 35.6 Å². The quantitative estimate of drug-likeness (QED) is 0.654. The number of rotatable bonds is 5. The third-order valence-corrected chi connectivity index (χ3v) is 5.90. The highest BCUT2D eigenvalue weighted by atomic mass is 16.3. The molecule has 3 heterocycles. The molecule has 3 aromatic rings. The highest BCUT2D eigenvalue weighted by Crippen LogP contribution is 2.39. The van der Waals surface area contributed by atoms with E-state index in [2.05, 4.69) is 20.3 Å². The predicted octanol–water partition coefficient (Wildman–Crippen LogP) is 4.43. The van der Waals surface area contributed by atoms with Crippen LogP contribution in [0.1, 0.15) is 32.6 Å². The minimum absolute atomic E-state index is 0.0500. The number of hydrazine groups is 1. The molecule has 1 aliphatic carbocycles. The Labute approximate surface area is 180 Å². The molecule has 5 rings (SSSR count). The average Bonchev–Trinajstić information content (AvgIpc) is 3.51. The number of urea groups is 1. The fourth-order valence-electron chi connectivity index (χ4n) is 4.36. The van der Waals surface area contributed by atoms with Crippen LogP contribution in [-0.4, -0.2) is 45.6 Å². The first kappa shape index (κ1) is 19.3. The molecule has 0 atom stereocenters. The van der Waals surface area contributed by atoms with E-state index in [1.54, 1.807) is 29.4 Å². The van der Waals surface area contributed by atoms with Gasteiger partial charge in [0.15, 0.2) is 18.0 Å². The van der Waals surface area contributed by atoms with Gasteiger partial charge < -0.3 is 9.73 Å². The molecule has 2 aliphatic rings. The van der Waals surface area contributed by atoms with Gasteiger partial charge in [-0.3, -0.25) is 9.91 Å². The third kappa shape index (κ3) is 3.45. The van der Waals surface area contributed by atoms with Gasteiger partial charge in [-0.15, -0.1) is 0 Å². The number of aromatic nitrogens is 3. The van der Waals surface area contributed by atoms with Crippen molar-refractivity contribution in [3.63, 3.8) is 0 Å². The van der Waals surface area contributed by atoms with Gasteiger partial charge in [0.05, 0.1) is 18.4 Å². The van der Waals surface area contributed by atoms with E-state index < -0.39 is 0 Å². The second-order valence-electron chi connectivity index (χ2n) is 7.81. The van der Waals surface area contributed by atoms with Crippen molar-refractivity contribution in [3.8, 4) is 11.3 Å². The summed E-state index contributed by atoms with van der Waals surface area (Å²) in [6, 6.07) is 8.03. The normalized spacial score (nSPS) is 16.7. The molecule has 1 saturated carbocycles. The third-order valence-electron chi connectivity index (χ3n) is 5.90. The maximum atomic E-state index is 12.9.